The normalized spacial score (nSPS) is 20.9. The molecule has 0 aromatic rings. The average Bonchev–Trinajstić information content (AvgIpc) is 2.72. The van der Waals surface area contributed by atoms with E-state index in [-0.39, 0.29) is 50.7 Å². The number of halogens is 2. The summed E-state index contributed by atoms with van der Waals surface area (Å²) < 4.78 is 0. The van der Waals surface area contributed by atoms with E-state index in [2.05, 4.69) is 78.9 Å². The van der Waals surface area contributed by atoms with E-state index in [1.165, 1.54) is 22.3 Å². The molecule has 22 heavy (non-hydrogen) atoms. The summed E-state index contributed by atoms with van der Waals surface area (Å²) in [5.74, 6) is 1.13. The van der Waals surface area contributed by atoms with Crippen LogP contribution in [0.3, 0.4) is 0 Å². The van der Waals surface area contributed by atoms with Crippen molar-refractivity contribution in [2.75, 3.05) is 0 Å². The van der Waals surface area contributed by atoms with Crippen LogP contribution in [-0.4, -0.2) is 9.52 Å². The molecular weight excluding hydrogens is 494 g/mol. The van der Waals surface area contributed by atoms with E-state index >= 15 is 0 Å². The van der Waals surface area contributed by atoms with Gasteiger partial charge in [0.2, 0.25) is 0 Å². The molecule has 2 aliphatic rings. The third kappa shape index (κ3) is 13.1. The van der Waals surface area contributed by atoms with Gasteiger partial charge in [-0.1, -0.05) is 66.5 Å². The van der Waals surface area contributed by atoms with Crippen LogP contribution in [0, 0.1) is 24.0 Å². The van der Waals surface area contributed by atoms with Crippen molar-refractivity contribution in [1.82, 2.24) is 0 Å². The van der Waals surface area contributed by atoms with Gasteiger partial charge in [0, 0.05) is 9.52 Å². The molecule has 0 spiro atoms. The van der Waals surface area contributed by atoms with E-state index in [1.54, 1.807) is 0 Å². The van der Waals surface area contributed by atoms with Gasteiger partial charge in [-0.25, -0.2) is 23.3 Å². The molecule has 0 nitrogen and oxygen atoms in total. The summed E-state index contributed by atoms with van der Waals surface area (Å²) in [6, 6.07) is 0. The number of hydrogen-bond donors (Lipinski definition) is 0. The Hall–Kier alpha value is 0.627. The molecule has 2 rings (SSSR count). The Balaban J connectivity index is -0.000000112. The van der Waals surface area contributed by atoms with Gasteiger partial charge in [0.15, 0.2) is 0 Å². The molecule has 2 unspecified atom stereocenters. The van der Waals surface area contributed by atoms with Gasteiger partial charge in [-0.2, -0.15) is 11.1 Å². The fourth-order valence-corrected chi connectivity index (χ4v) is 1.93. The minimum atomic E-state index is 0. The van der Waals surface area contributed by atoms with Crippen molar-refractivity contribution in [2.45, 2.75) is 54.6 Å². The second-order valence-corrected chi connectivity index (χ2v) is 6.61. The van der Waals surface area contributed by atoms with Gasteiger partial charge in [-0.3, -0.25) is 12.2 Å². The van der Waals surface area contributed by atoms with Crippen LogP contribution < -0.4 is 24.8 Å². The molecule has 0 amide bonds. The first kappa shape index (κ1) is 30.5. The second-order valence-electron chi connectivity index (χ2n) is 5.45. The largest absolute Gasteiger partial charge is 4.00 e. The third-order valence-electron chi connectivity index (χ3n) is 3.14. The number of allylic oxidation sites excluding steroid dienone is 8. The Morgan fingerprint density at radius 2 is 1.00 bits per heavy atom. The van der Waals surface area contributed by atoms with Gasteiger partial charge < -0.3 is 24.8 Å². The van der Waals surface area contributed by atoms with Gasteiger partial charge >= 0.3 is 25.8 Å². The summed E-state index contributed by atoms with van der Waals surface area (Å²) in [6.07, 6.45) is 11.0. The molecule has 0 aromatic carbocycles. The maximum absolute atomic E-state index is 3.29. The van der Waals surface area contributed by atoms with Crippen LogP contribution in [0.15, 0.2) is 34.4 Å². The van der Waals surface area contributed by atoms with Crippen LogP contribution in [0.25, 0.3) is 0 Å². The van der Waals surface area contributed by atoms with Crippen molar-refractivity contribution in [2.24, 2.45) is 11.8 Å². The van der Waals surface area contributed by atoms with Crippen LogP contribution in [0.2, 0.25) is 13.1 Å². The maximum Gasteiger partial charge on any atom is 4.00 e. The second kappa shape index (κ2) is 16.5. The summed E-state index contributed by atoms with van der Waals surface area (Å²) >= 11 is 0. The van der Waals surface area contributed by atoms with Crippen LogP contribution in [0.4, 0.5) is 0 Å². The Labute approximate surface area is 172 Å². The topological polar surface area (TPSA) is 0 Å². The summed E-state index contributed by atoms with van der Waals surface area (Å²) in [5, 5.41) is 0. The monoisotopic (exact) mass is 523 g/mol. The molecule has 4 heteroatoms. The van der Waals surface area contributed by atoms with Crippen molar-refractivity contribution in [1.29, 1.82) is 0 Å². The van der Waals surface area contributed by atoms with Gasteiger partial charge in [0.1, 0.15) is 0 Å². The van der Waals surface area contributed by atoms with Crippen molar-refractivity contribution in [3.63, 3.8) is 0 Å². The Kier molecular flexibility index (Phi) is 22.9. The van der Waals surface area contributed by atoms with Crippen LogP contribution in [-0.2, 0) is 25.8 Å². The molecular formula is C18H29Cl2HfSi. The summed E-state index contributed by atoms with van der Waals surface area (Å²) in [6.45, 7) is 17.2. The van der Waals surface area contributed by atoms with E-state index in [0.717, 1.165) is 9.52 Å². The Bertz CT molecular complexity index is 371. The smallest absolute Gasteiger partial charge is 1.00 e. The zero-order valence-electron chi connectivity index (χ0n) is 15.1. The molecule has 0 bridgehead atoms. The first-order valence-electron chi connectivity index (χ1n) is 7.12. The van der Waals surface area contributed by atoms with E-state index in [4.69, 9.17) is 0 Å². The van der Waals surface area contributed by atoms with Crippen LogP contribution in [0.1, 0.15) is 41.5 Å². The van der Waals surface area contributed by atoms with E-state index in [1.807, 2.05) is 0 Å². The molecule has 2 atom stereocenters. The first-order chi connectivity index (χ1) is 8.81. The van der Waals surface area contributed by atoms with Gasteiger partial charge in [0.05, 0.1) is 0 Å². The predicted octanol–water partition coefficient (Wildman–Crippen LogP) is -0.812. The van der Waals surface area contributed by atoms with E-state index in [0.29, 0.717) is 11.8 Å². The zero-order chi connectivity index (χ0) is 15.0. The summed E-state index contributed by atoms with van der Waals surface area (Å²) in [4.78, 5) is 0. The first-order valence-corrected chi connectivity index (χ1v) is 9.43. The number of hydrogen-bond acceptors (Lipinski definition) is 0. The molecule has 0 saturated carbocycles. The maximum atomic E-state index is 3.29. The average molecular weight is 523 g/mol. The van der Waals surface area contributed by atoms with Crippen LogP contribution in [0.5, 0.6) is 0 Å². The SMILES string of the molecule is CC1=[C-]C(C)C(C)=C1.CC1=[C-]C(C)C(C)=C1.C[SiH]C.[Cl-].[Cl-].[Hf+4]. The Morgan fingerprint density at radius 1 is 0.773 bits per heavy atom. The molecule has 1 radical (unpaired) electrons. The van der Waals surface area contributed by atoms with Gasteiger partial charge in [-0.05, 0) is 0 Å². The van der Waals surface area contributed by atoms with Crippen LogP contribution >= 0.6 is 0 Å². The molecule has 0 fully saturated rings. The van der Waals surface area contributed by atoms with Crippen molar-refractivity contribution < 1.29 is 50.7 Å². The van der Waals surface area contributed by atoms with Crippen molar-refractivity contribution >= 4 is 9.52 Å². The third-order valence-corrected chi connectivity index (χ3v) is 3.14. The molecule has 0 aromatic heterocycles. The van der Waals surface area contributed by atoms with Crippen molar-refractivity contribution in [3.05, 3.63) is 46.6 Å². The fourth-order valence-electron chi connectivity index (χ4n) is 1.93. The van der Waals surface area contributed by atoms with Gasteiger partial charge in [-0.15, -0.1) is 0 Å². The number of rotatable bonds is 0. The predicted molar refractivity (Wildman–Crippen MR) is 89.6 cm³/mol. The summed E-state index contributed by atoms with van der Waals surface area (Å²) in [7, 11) is 0.750. The molecule has 0 N–H and O–H groups in total. The Morgan fingerprint density at radius 3 is 1.05 bits per heavy atom. The fraction of sp³-hybridized carbons (Fsp3) is 0.556. The minimum Gasteiger partial charge on any atom is -1.00 e. The van der Waals surface area contributed by atoms with Gasteiger partial charge in [0.25, 0.3) is 0 Å². The standard InChI is InChI=1S/2C8H11.C2H7Si.2ClH.Hf/c2*1-6-4-7(2)8(3)5-6;1-3-2;;;/h2*4,8H,1-3H3;3H,1-2H3;2*1H;/q2*-1;;;;+4/p-2. The molecule has 0 saturated heterocycles. The molecule has 0 aliphatic heterocycles. The molecule has 0 heterocycles. The van der Waals surface area contributed by atoms with Crippen molar-refractivity contribution in [3.8, 4) is 0 Å². The summed E-state index contributed by atoms with van der Waals surface area (Å²) in [5.41, 5.74) is 5.44. The minimum absolute atomic E-state index is 0. The zero-order valence-corrected chi connectivity index (χ0v) is 21.4. The quantitative estimate of drug-likeness (QED) is 0.288. The molecule has 123 valence electrons. The van der Waals surface area contributed by atoms with E-state index in [9.17, 15) is 0 Å². The van der Waals surface area contributed by atoms with E-state index < -0.39 is 0 Å². The molecule has 2 aliphatic carbocycles.